The van der Waals surface area contributed by atoms with Crippen LogP contribution in [0.3, 0.4) is 0 Å². The Morgan fingerprint density at radius 1 is 0.939 bits per heavy atom. The third-order valence-electron chi connectivity index (χ3n) is 6.24. The predicted octanol–water partition coefficient (Wildman–Crippen LogP) is 4.75. The van der Waals surface area contributed by atoms with Crippen LogP contribution < -0.4 is 15.0 Å². The van der Waals surface area contributed by atoms with Gasteiger partial charge in [-0.05, 0) is 54.4 Å². The number of benzene rings is 3. The molecule has 1 aliphatic heterocycles. The topological polar surface area (TPSA) is 44.8 Å². The van der Waals surface area contributed by atoms with Gasteiger partial charge < -0.3 is 19.9 Å². The van der Waals surface area contributed by atoms with Crippen LogP contribution >= 0.6 is 0 Å². The number of rotatable bonds is 8. The molecule has 0 unspecified atom stereocenters. The van der Waals surface area contributed by atoms with Crippen molar-refractivity contribution < 1.29 is 9.53 Å². The third-order valence-corrected chi connectivity index (χ3v) is 6.24. The summed E-state index contributed by atoms with van der Waals surface area (Å²) in [5.41, 5.74) is 5.39. The monoisotopic (exact) mass is 443 g/mol. The largest absolute Gasteiger partial charge is 0.483 e. The Balaban J connectivity index is 1.33. The smallest absolute Gasteiger partial charge is 0.262 e. The summed E-state index contributed by atoms with van der Waals surface area (Å²) in [6, 6.07) is 24.4. The van der Waals surface area contributed by atoms with Crippen LogP contribution in [0.15, 0.2) is 72.8 Å². The van der Waals surface area contributed by atoms with E-state index in [1.807, 2.05) is 55.5 Å². The normalized spacial score (nSPS) is 14.2. The fourth-order valence-corrected chi connectivity index (χ4v) is 4.24. The number of aryl methyl sites for hydroxylation is 1. The van der Waals surface area contributed by atoms with Gasteiger partial charge in [0.1, 0.15) is 5.75 Å². The van der Waals surface area contributed by atoms with Crippen molar-refractivity contribution in [2.24, 2.45) is 0 Å². The standard InChI is InChI=1S/C28H33N3O2/c1-3-30-15-17-31(18-16-30)25-13-14-26(22(2)19-25)29-28(32)21-33-27-12-8-7-11-24(27)20-23-9-5-4-6-10-23/h4-14,19H,3,15-18,20-21H2,1-2H3,(H,29,32). The van der Waals surface area contributed by atoms with E-state index in [1.54, 1.807) is 0 Å². The Morgan fingerprint density at radius 3 is 2.39 bits per heavy atom. The van der Waals surface area contributed by atoms with Crippen molar-refractivity contribution in [3.8, 4) is 5.75 Å². The van der Waals surface area contributed by atoms with Crippen molar-refractivity contribution in [3.05, 3.63) is 89.5 Å². The number of carbonyl (C=O) groups excluding carboxylic acids is 1. The van der Waals surface area contributed by atoms with Crippen molar-refractivity contribution in [1.29, 1.82) is 0 Å². The molecule has 1 N–H and O–H groups in total. The minimum atomic E-state index is -0.156. The van der Waals surface area contributed by atoms with Gasteiger partial charge in [-0.1, -0.05) is 55.5 Å². The molecule has 1 saturated heterocycles. The molecule has 172 valence electrons. The summed E-state index contributed by atoms with van der Waals surface area (Å²) in [6.45, 7) is 9.60. The first-order valence-electron chi connectivity index (χ1n) is 11.7. The summed E-state index contributed by atoms with van der Waals surface area (Å²) in [4.78, 5) is 17.5. The Kier molecular flexibility index (Phi) is 7.63. The third kappa shape index (κ3) is 6.14. The molecule has 1 fully saturated rings. The number of para-hydroxylation sites is 1. The lowest BCUT2D eigenvalue weighted by Gasteiger charge is -2.35. The van der Waals surface area contributed by atoms with Crippen molar-refractivity contribution in [2.75, 3.05) is 49.5 Å². The van der Waals surface area contributed by atoms with Gasteiger partial charge in [0.05, 0.1) is 0 Å². The van der Waals surface area contributed by atoms with E-state index in [4.69, 9.17) is 4.74 Å². The molecule has 0 atom stereocenters. The van der Waals surface area contributed by atoms with Crippen LogP contribution in [0.5, 0.6) is 5.75 Å². The van der Waals surface area contributed by atoms with Crippen molar-refractivity contribution in [1.82, 2.24) is 4.90 Å². The maximum absolute atomic E-state index is 12.6. The first kappa shape index (κ1) is 22.9. The van der Waals surface area contributed by atoms with Gasteiger partial charge in [-0.15, -0.1) is 0 Å². The highest BCUT2D eigenvalue weighted by Crippen LogP contribution is 2.24. The van der Waals surface area contributed by atoms with Gasteiger partial charge in [0, 0.05) is 44.0 Å². The predicted molar refractivity (Wildman–Crippen MR) is 135 cm³/mol. The second-order valence-electron chi connectivity index (χ2n) is 8.53. The number of ether oxygens (including phenoxy) is 1. The quantitative estimate of drug-likeness (QED) is 0.546. The van der Waals surface area contributed by atoms with Crippen LogP contribution in [0, 0.1) is 6.92 Å². The Bertz CT molecular complexity index is 1060. The maximum Gasteiger partial charge on any atom is 0.262 e. The number of piperazine rings is 1. The summed E-state index contributed by atoms with van der Waals surface area (Å²) < 4.78 is 5.90. The molecule has 3 aromatic rings. The molecule has 0 radical (unpaired) electrons. The van der Waals surface area contributed by atoms with Crippen LogP contribution in [0.25, 0.3) is 0 Å². The molecule has 4 rings (SSSR count). The van der Waals surface area contributed by atoms with E-state index in [9.17, 15) is 4.79 Å². The van der Waals surface area contributed by atoms with Crippen molar-refractivity contribution >= 4 is 17.3 Å². The highest BCUT2D eigenvalue weighted by atomic mass is 16.5. The highest BCUT2D eigenvalue weighted by Gasteiger charge is 2.17. The van der Waals surface area contributed by atoms with Crippen molar-refractivity contribution in [2.45, 2.75) is 20.3 Å². The van der Waals surface area contributed by atoms with E-state index in [-0.39, 0.29) is 12.5 Å². The van der Waals surface area contributed by atoms with Gasteiger partial charge in [-0.25, -0.2) is 0 Å². The molecule has 3 aromatic carbocycles. The van der Waals surface area contributed by atoms with Crippen molar-refractivity contribution in [3.63, 3.8) is 0 Å². The van der Waals surface area contributed by atoms with Gasteiger partial charge in [-0.3, -0.25) is 4.79 Å². The summed E-state index contributed by atoms with van der Waals surface area (Å²) in [7, 11) is 0. The molecule has 0 aliphatic carbocycles. The minimum Gasteiger partial charge on any atom is -0.483 e. The average molecular weight is 444 g/mol. The Morgan fingerprint density at radius 2 is 1.67 bits per heavy atom. The molecule has 1 aliphatic rings. The van der Waals surface area contributed by atoms with Gasteiger partial charge in [0.2, 0.25) is 0 Å². The van der Waals surface area contributed by atoms with E-state index < -0.39 is 0 Å². The SMILES string of the molecule is CCN1CCN(c2ccc(NC(=O)COc3ccccc3Cc3ccccc3)c(C)c2)CC1. The lowest BCUT2D eigenvalue weighted by molar-refractivity contribution is -0.118. The summed E-state index contributed by atoms with van der Waals surface area (Å²) in [5, 5.41) is 3.01. The minimum absolute atomic E-state index is 0.0219. The molecule has 5 heteroatoms. The molecule has 0 spiro atoms. The van der Waals surface area contributed by atoms with Crippen LogP contribution in [0.2, 0.25) is 0 Å². The first-order chi connectivity index (χ1) is 16.1. The number of nitrogens with zero attached hydrogens (tertiary/aromatic N) is 2. The van der Waals surface area contributed by atoms with Crippen LogP contribution in [0.1, 0.15) is 23.6 Å². The molecule has 33 heavy (non-hydrogen) atoms. The highest BCUT2D eigenvalue weighted by molar-refractivity contribution is 5.92. The number of amides is 1. The molecule has 0 aromatic heterocycles. The average Bonchev–Trinajstić information content (AvgIpc) is 2.85. The van der Waals surface area contributed by atoms with Crippen LogP contribution in [-0.4, -0.2) is 50.1 Å². The Labute approximate surface area is 197 Å². The second-order valence-corrected chi connectivity index (χ2v) is 8.53. The fraction of sp³-hybridized carbons (Fsp3) is 0.321. The van der Waals surface area contributed by atoms with Gasteiger partial charge in [0.15, 0.2) is 6.61 Å². The summed E-state index contributed by atoms with van der Waals surface area (Å²) in [6.07, 6.45) is 0.770. The number of carbonyl (C=O) groups is 1. The first-order valence-corrected chi connectivity index (χ1v) is 11.7. The molecule has 1 heterocycles. The number of likely N-dealkylation sites (N-methyl/N-ethyl adjacent to an activating group) is 1. The molecule has 0 bridgehead atoms. The number of hydrogen-bond acceptors (Lipinski definition) is 4. The van der Waals surface area contributed by atoms with Gasteiger partial charge >= 0.3 is 0 Å². The van der Waals surface area contributed by atoms with Gasteiger partial charge in [0.25, 0.3) is 5.91 Å². The number of anilines is 2. The molecule has 5 nitrogen and oxygen atoms in total. The van der Waals surface area contributed by atoms with Crippen LogP contribution in [-0.2, 0) is 11.2 Å². The lowest BCUT2D eigenvalue weighted by atomic mass is 10.0. The zero-order valence-electron chi connectivity index (χ0n) is 19.6. The zero-order chi connectivity index (χ0) is 23.0. The summed E-state index contributed by atoms with van der Waals surface area (Å²) in [5.74, 6) is 0.590. The van der Waals surface area contributed by atoms with Crippen LogP contribution in [0.4, 0.5) is 11.4 Å². The van der Waals surface area contributed by atoms with E-state index in [0.29, 0.717) is 0 Å². The second kappa shape index (κ2) is 11.0. The number of nitrogens with one attached hydrogen (secondary N) is 1. The van der Waals surface area contributed by atoms with Gasteiger partial charge in [-0.2, -0.15) is 0 Å². The summed E-state index contributed by atoms with van der Waals surface area (Å²) >= 11 is 0. The molecular weight excluding hydrogens is 410 g/mol. The lowest BCUT2D eigenvalue weighted by Crippen LogP contribution is -2.46. The van der Waals surface area contributed by atoms with E-state index in [0.717, 1.165) is 61.7 Å². The van der Waals surface area contributed by atoms with E-state index in [1.165, 1.54) is 11.3 Å². The maximum atomic E-state index is 12.6. The fourth-order valence-electron chi connectivity index (χ4n) is 4.24. The Hall–Kier alpha value is -3.31. The molecule has 0 saturated carbocycles. The zero-order valence-corrected chi connectivity index (χ0v) is 19.6. The molecule has 1 amide bonds. The van der Waals surface area contributed by atoms with E-state index in [2.05, 4.69) is 46.3 Å². The van der Waals surface area contributed by atoms with E-state index >= 15 is 0 Å². The number of hydrogen-bond donors (Lipinski definition) is 1. The molecular formula is C28H33N3O2.